The highest BCUT2D eigenvalue weighted by Gasteiger charge is 2.21. The summed E-state index contributed by atoms with van der Waals surface area (Å²) in [5, 5.41) is 3.63. The van der Waals surface area contributed by atoms with Gasteiger partial charge in [-0.15, -0.1) is 0 Å². The molecule has 1 rings (SSSR count). The normalized spacial score (nSPS) is 25.1. The van der Waals surface area contributed by atoms with Gasteiger partial charge in [0.1, 0.15) is 0 Å². The molecule has 0 spiro atoms. The van der Waals surface area contributed by atoms with Crippen molar-refractivity contribution in [3.05, 3.63) is 0 Å². The predicted octanol–water partition coefficient (Wildman–Crippen LogP) is 0.740. The van der Waals surface area contributed by atoms with E-state index in [0.717, 1.165) is 5.71 Å². The van der Waals surface area contributed by atoms with E-state index in [-0.39, 0.29) is 11.9 Å². The first-order valence-corrected chi connectivity index (χ1v) is 2.90. The van der Waals surface area contributed by atoms with Gasteiger partial charge in [0.05, 0.1) is 5.71 Å². The van der Waals surface area contributed by atoms with Crippen LogP contribution >= 0.6 is 0 Å². The summed E-state index contributed by atoms with van der Waals surface area (Å²) in [5.74, 6) is 0.0515. The molecule has 0 saturated carbocycles. The molecule has 9 heavy (non-hydrogen) atoms. The van der Waals surface area contributed by atoms with Crippen molar-refractivity contribution in [3.63, 3.8) is 0 Å². The molecular weight excluding hydrogens is 118 g/mol. The van der Waals surface area contributed by atoms with E-state index < -0.39 is 0 Å². The molecule has 0 aliphatic carbocycles. The number of carbonyl (C=O) groups excluding carboxylic acids is 1. The lowest BCUT2D eigenvalue weighted by atomic mass is 10.1. The van der Waals surface area contributed by atoms with Gasteiger partial charge in [-0.1, -0.05) is 5.16 Å². The summed E-state index contributed by atoms with van der Waals surface area (Å²) >= 11 is 0. The molecule has 50 valence electrons. The van der Waals surface area contributed by atoms with E-state index in [9.17, 15) is 4.79 Å². The third-order valence-corrected chi connectivity index (χ3v) is 1.27. The quantitative estimate of drug-likeness (QED) is 0.521. The average molecular weight is 127 g/mol. The maximum Gasteiger partial charge on any atom is 0.190 e. The van der Waals surface area contributed by atoms with Gasteiger partial charge in [0.25, 0.3) is 0 Å². The van der Waals surface area contributed by atoms with Crippen LogP contribution < -0.4 is 0 Å². The summed E-state index contributed by atoms with van der Waals surface area (Å²) in [7, 11) is 0. The summed E-state index contributed by atoms with van der Waals surface area (Å²) in [5.41, 5.74) is 0.898. The monoisotopic (exact) mass is 127 g/mol. The Bertz CT molecular complexity index is 162. The number of carbonyl (C=O) groups is 1. The van der Waals surface area contributed by atoms with Crippen LogP contribution in [0.15, 0.2) is 5.16 Å². The van der Waals surface area contributed by atoms with Crippen LogP contribution in [0.4, 0.5) is 0 Å². The van der Waals surface area contributed by atoms with Gasteiger partial charge in [-0.2, -0.15) is 0 Å². The Morgan fingerprint density at radius 2 is 2.56 bits per heavy atom. The summed E-state index contributed by atoms with van der Waals surface area (Å²) in [4.78, 5) is 15.4. The van der Waals surface area contributed by atoms with E-state index in [1.54, 1.807) is 0 Å². The molecule has 1 heterocycles. The van der Waals surface area contributed by atoms with Crippen molar-refractivity contribution in [2.75, 3.05) is 0 Å². The maximum atomic E-state index is 10.6. The third-order valence-electron chi connectivity index (χ3n) is 1.27. The fraction of sp³-hybridized carbons (Fsp3) is 0.667. The largest absolute Gasteiger partial charge is 0.384 e. The van der Waals surface area contributed by atoms with Crippen molar-refractivity contribution in [2.24, 2.45) is 5.16 Å². The van der Waals surface area contributed by atoms with Crippen molar-refractivity contribution in [1.29, 1.82) is 0 Å². The molecule has 0 bridgehead atoms. The van der Waals surface area contributed by atoms with E-state index in [1.807, 2.05) is 6.92 Å². The van der Waals surface area contributed by atoms with Gasteiger partial charge in [0.2, 0.25) is 0 Å². The van der Waals surface area contributed by atoms with Gasteiger partial charge in [-0.3, -0.25) is 4.79 Å². The Hall–Kier alpha value is -0.860. The fourth-order valence-electron chi connectivity index (χ4n) is 0.714. The predicted molar refractivity (Wildman–Crippen MR) is 33.3 cm³/mol. The molecule has 0 N–H and O–H groups in total. The van der Waals surface area contributed by atoms with E-state index in [0.29, 0.717) is 6.42 Å². The van der Waals surface area contributed by atoms with Crippen LogP contribution in [0.3, 0.4) is 0 Å². The highest BCUT2D eigenvalue weighted by Crippen LogP contribution is 2.09. The zero-order valence-corrected chi connectivity index (χ0v) is 5.55. The first-order valence-electron chi connectivity index (χ1n) is 2.90. The lowest BCUT2D eigenvalue weighted by Gasteiger charge is -1.99. The average Bonchev–Trinajstić information content (AvgIpc) is 2.14. The molecule has 1 aliphatic rings. The van der Waals surface area contributed by atoms with Gasteiger partial charge in [0.15, 0.2) is 11.9 Å². The molecule has 0 radical (unpaired) electrons. The molecule has 0 aromatic heterocycles. The Kier molecular flexibility index (Phi) is 1.51. The first-order chi connectivity index (χ1) is 4.20. The van der Waals surface area contributed by atoms with Crippen molar-refractivity contribution in [3.8, 4) is 0 Å². The number of nitrogens with zero attached hydrogens (tertiary/aromatic N) is 1. The Labute approximate surface area is 53.7 Å². The van der Waals surface area contributed by atoms with E-state index in [4.69, 9.17) is 4.84 Å². The standard InChI is InChI=1S/C6H9NO2/c1-4-3-6(5(2)8)9-7-4/h6H,3H2,1-2H3/t6-/m0/s1. The second kappa shape index (κ2) is 2.17. The van der Waals surface area contributed by atoms with Crippen LogP contribution in [0.1, 0.15) is 20.3 Å². The number of oxime groups is 1. The number of Topliss-reactive ketones (excluding diaryl/α,β-unsaturated/α-hetero) is 1. The van der Waals surface area contributed by atoms with Crippen LogP contribution in [0.5, 0.6) is 0 Å². The SMILES string of the molecule is CC(=O)[C@@H]1CC(C)=NO1. The van der Waals surface area contributed by atoms with E-state index in [1.165, 1.54) is 6.92 Å². The van der Waals surface area contributed by atoms with Gasteiger partial charge < -0.3 is 4.84 Å². The minimum atomic E-state index is -0.301. The lowest BCUT2D eigenvalue weighted by Crippen LogP contribution is -2.16. The number of hydrogen-bond donors (Lipinski definition) is 0. The Morgan fingerprint density at radius 1 is 1.89 bits per heavy atom. The van der Waals surface area contributed by atoms with Gasteiger partial charge in [-0.25, -0.2) is 0 Å². The zero-order chi connectivity index (χ0) is 6.85. The Balaban J connectivity index is 2.47. The third kappa shape index (κ3) is 1.28. The summed E-state index contributed by atoms with van der Waals surface area (Å²) in [6, 6.07) is 0. The highest BCUT2D eigenvalue weighted by atomic mass is 16.6. The fourth-order valence-corrected chi connectivity index (χ4v) is 0.714. The first kappa shape index (κ1) is 6.26. The summed E-state index contributed by atoms with van der Waals surface area (Å²) in [6.07, 6.45) is 0.361. The molecule has 1 aliphatic heterocycles. The van der Waals surface area contributed by atoms with Crippen LogP contribution in [-0.2, 0) is 9.63 Å². The topological polar surface area (TPSA) is 38.7 Å². The van der Waals surface area contributed by atoms with Crippen LogP contribution in [0, 0.1) is 0 Å². The van der Waals surface area contributed by atoms with Crippen molar-refractivity contribution >= 4 is 11.5 Å². The molecule has 3 heteroatoms. The molecule has 0 fully saturated rings. The van der Waals surface area contributed by atoms with E-state index >= 15 is 0 Å². The molecule has 0 amide bonds. The molecule has 0 saturated heterocycles. The van der Waals surface area contributed by atoms with Crippen LogP contribution in [-0.4, -0.2) is 17.6 Å². The van der Waals surface area contributed by atoms with Crippen LogP contribution in [0.25, 0.3) is 0 Å². The van der Waals surface area contributed by atoms with Gasteiger partial charge in [-0.05, 0) is 13.8 Å². The molecule has 0 aromatic carbocycles. The Morgan fingerprint density at radius 3 is 2.78 bits per heavy atom. The molecule has 0 unspecified atom stereocenters. The molecule has 1 atom stereocenters. The second-order valence-corrected chi connectivity index (χ2v) is 2.24. The van der Waals surface area contributed by atoms with Crippen molar-refractivity contribution in [1.82, 2.24) is 0 Å². The minimum absolute atomic E-state index is 0.0515. The van der Waals surface area contributed by atoms with E-state index in [2.05, 4.69) is 5.16 Å². The minimum Gasteiger partial charge on any atom is -0.384 e. The number of ketones is 1. The van der Waals surface area contributed by atoms with Crippen LogP contribution in [0.2, 0.25) is 0 Å². The van der Waals surface area contributed by atoms with Crippen molar-refractivity contribution < 1.29 is 9.63 Å². The second-order valence-electron chi connectivity index (χ2n) is 2.24. The van der Waals surface area contributed by atoms with Gasteiger partial charge >= 0.3 is 0 Å². The van der Waals surface area contributed by atoms with Gasteiger partial charge in [0, 0.05) is 6.42 Å². The molecule has 3 nitrogen and oxygen atoms in total. The molecular formula is C6H9NO2. The highest BCUT2D eigenvalue weighted by molar-refractivity contribution is 5.91. The maximum absolute atomic E-state index is 10.6. The zero-order valence-electron chi connectivity index (χ0n) is 5.55. The lowest BCUT2D eigenvalue weighted by molar-refractivity contribution is -0.126. The van der Waals surface area contributed by atoms with Crippen molar-refractivity contribution in [2.45, 2.75) is 26.4 Å². The summed E-state index contributed by atoms with van der Waals surface area (Å²) in [6.45, 7) is 3.36. The summed E-state index contributed by atoms with van der Waals surface area (Å²) < 4.78 is 0. The smallest absolute Gasteiger partial charge is 0.190 e. The molecule has 0 aromatic rings. The number of rotatable bonds is 1. The number of hydrogen-bond acceptors (Lipinski definition) is 3.